The largest absolute Gasteiger partial charge is 0.451 e. The number of carbonyl (C=O) groups excluding carboxylic acids is 2. The minimum absolute atomic E-state index is 0.207. The number of likely N-dealkylation sites (tertiary alicyclic amines) is 1. The van der Waals surface area contributed by atoms with Crippen LogP contribution in [0.25, 0.3) is 22.2 Å². The minimum atomic E-state index is -0.707. The number of para-hydroxylation sites is 2. The van der Waals surface area contributed by atoms with Crippen molar-refractivity contribution < 1.29 is 19.4 Å². The van der Waals surface area contributed by atoms with Crippen LogP contribution in [0.2, 0.25) is 0 Å². The van der Waals surface area contributed by atoms with Crippen LogP contribution in [0.1, 0.15) is 28.8 Å². The van der Waals surface area contributed by atoms with E-state index in [1.807, 2.05) is 42.5 Å². The summed E-state index contributed by atoms with van der Waals surface area (Å²) in [5, 5.41) is 11.6. The van der Waals surface area contributed by atoms with Crippen molar-refractivity contribution in [1.29, 1.82) is 0 Å². The number of anilines is 1. The van der Waals surface area contributed by atoms with Crippen LogP contribution >= 0.6 is 0 Å². The number of nitrogens with one attached hydrogen (secondary N) is 1. The Hall–Kier alpha value is -4.27. The molecule has 1 fully saturated rings. The van der Waals surface area contributed by atoms with Gasteiger partial charge in [-0.3, -0.25) is 15.1 Å². The van der Waals surface area contributed by atoms with Crippen molar-refractivity contribution in [2.45, 2.75) is 25.5 Å². The lowest BCUT2D eigenvalue weighted by atomic mass is 10.0. The topological polar surface area (TPSA) is 95.0 Å². The number of rotatable bonds is 5. The van der Waals surface area contributed by atoms with E-state index in [1.54, 1.807) is 30.3 Å². The quantitative estimate of drug-likeness (QED) is 0.376. The number of aliphatic hydroxyl groups is 1. The fraction of sp³-hybridized carbons (Fsp3) is 0.233. The van der Waals surface area contributed by atoms with Crippen LogP contribution < -0.4 is 10.4 Å². The van der Waals surface area contributed by atoms with E-state index in [-0.39, 0.29) is 6.10 Å². The number of pyridine rings is 1. The van der Waals surface area contributed by atoms with E-state index in [0.717, 1.165) is 48.6 Å². The first-order chi connectivity index (χ1) is 18.5. The van der Waals surface area contributed by atoms with E-state index in [2.05, 4.69) is 22.5 Å². The smallest absolute Gasteiger partial charge is 0.433 e. The van der Waals surface area contributed by atoms with Crippen molar-refractivity contribution in [3.05, 3.63) is 96.1 Å². The van der Waals surface area contributed by atoms with Crippen LogP contribution in [0, 0.1) is 0 Å². The number of piperidine rings is 1. The maximum Gasteiger partial charge on any atom is 0.433 e. The summed E-state index contributed by atoms with van der Waals surface area (Å²) < 4.78 is 4.91. The monoisotopic (exact) mass is 510 g/mol. The second kappa shape index (κ2) is 11.4. The van der Waals surface area contributed by atoms with Gasteiger partial charge in [0.15, 0.2) is 0 Å². The number of hydrazine groups is 1. The number of carbonyl (C=O) groups is 2. The van der Waals surface area contributed by atoms with E-state index in [1.165, 1.54) is 7.11 Å². The number of aromatic nitrogens is 1. The van der Waals surface area contributed by atoms with E-state index in [4.69, 9.17) is 9.72 Å². The number of aliphatic hydroxyl groups excluding tert-OH is 1. The summed E-state index contributed by atoms with van der Waals surface area (Å²) in [6.07, 6.45) is 0.661. The van der Waals surface area contributed by atoms with Crippen LogP contribution in [0.5, 0.6) is 0 Å². The van der Waals surface area contributed by atoms with Crippen molar-refractivity contribution >= 4 is 28.6 Å². The predicted molar refractivity (Wildman–Crippen MR) is 146 cm³/mol. The third-order valence-electron chi connectivity index (χ3n) is 6.73. The number of fused-ring (bicyclic) bond motifs is 1. The van der Waals surface area contributed by atoms with Gasteiger partial charge in [0.1, 0.15) is 0 Å². The predicted octanol–water partition coefficient (Wildman–Crippen LogP) is 4.78. The highest BCUT2D eigenvalue weighted by molar-refractivity contribution is 6.09. The second-order valence-corrected chi connectivity index (χ2v) is 9.36. The van der Waals surface area contributed by atoms with Crippen molar-refractivity contribution in [1.82, 2.24) is 15.3 Å². The summed E-state index contributed by atoms with van der Waals surface area (Å²) >= 11 is 0. The third kappa shape index (κ3) is 5.66. The molecule has 2 N–H and O–H groups in total. The van der Waals surface area contributed by atoms with Crippen LogP contribution in [0.3, 0.4) is 0 Å². The Morgan fingerprint density at radius 2 is 1.74 bits per heavy atom. The first kappa shape index (κ1) is 25.4. The van der Waals surface area contributed by atoms with Gasteiger partial charge in [0.2, 0.25) is 0 Å². The molecule has 38 heavy (non-hydrogen) atoms. The molecule has 0 spiro atoms. The lowest BCUT2D eigenvalue weighted by Crippen LogP contribution is -2.46. The Balaban J connectivity index is 1.47. The fourth-order valence-electron chi connectivity index (χ4n) is 4.72. The van der Waals surface area contributed by atoms with E-state index in [9.17, 15) is 14.7 Å². The normalized spacial score (nSPS) is 14.3. The molecule has 194 valence electrons. The van der Waals surface area contributed by atoms with Gasteiger partial charge in [0.05, 0.1) is 35.7 Å². The van der Waals surface area contributed by atoms with Crippen LogP contribution in [-0.2, 0) is 11.3 Å². The van der Waals surface area contributed by atoms with Gasteiger partial charge in [-0.15, -0.1) is 0 Å². The molecular weight excluding hydrogens is 480 g/mol. The average molecular weight is 511 g/mol. The molecule has 5 rings (SSSR count). The summed E-state index contributed by atoms with van der Waals surface area (Å²) in [5.41, 5.74) is 6.95. The molecule has 1 aromatic heterocycles. The molecule has 8 heteroatoms. The summed E-state index contributed by atoms with van der Waals surface area (Å²) in [4.78, 5) is 33.3. The van der Waals surface area contributed by atoms with Crippen LogP contribution in [0.15, 0.2) is 84.9 Å². The zero-order valence-corrected chi connectivity index (χ0v) is 21.2. The maximum absolute atomic E-state index is 13.6. The lowest BCUT2D eigenvalue weighted by Gasteiger charge is -2.29. The zero-order valence-electron chi connectivity index (χ0n) is 21.2. The highest BCUT2D eigenvalue weighted by Gasteiger charge is 2.22. The minimum Gasteiger partial charge on any atom is -0.451 e. The van der Waals surface area contributed by atoms with E-state index >= 15 is 0 Å². The number of ether oxygens (including phenoxy) is 1. The van der Waals surface area contributed by atoms with Gasteiger partial charge in [-0.2, -0.15) is 5.01 Å². The van der Waals surface area contributed by atoms with Gasteiger partial charge >= 0.3 is 6.09 Å². The lowest BCUT2D eigenvalue weighted by molar-refractivity contribution is 0.0792. The molecule has 3 aromatic carbocycles. The fourth-order valence-corrected chi connectivity index (χ4v) is 4.72. The molecule has 2 amide bonds. The molecule has 8 nitrogen and oxygen atoms in total. The number of nitrogens with zero attached hydrogens (tertiary/aromatic N) is 3. The van der Waals surface area contributed by atoms with Gasteiger partial charge in [0.25, 0.3) is 5.91 Å². The first-order valence-electron chi connectivity index (χ1n) is 12.7. The van der Waals surface area contributed by atoms with Crippen molar-refractivity contribution in [3.8, 4) is 11.3 Å². The van der Waals surface area contributed by atoms with Gasteiger partial charge in [-0.05, 0) is 48.7 Å². The number of hydrogen-bond acceptors (Lipinski definition) is 6. The molecular formula is C30H30N4O4. The van der Waals surface area contributed by atoms with Crippen LogP contribution in [-0.4, -0.2) is 53.3 Å². The standard InChI is InChI=1S/C30H30N4O4/c1-38-30(37)34(23-10-3-2-4-11-23)32-29(36)26-19-28(31-27-13-6-5-12-25(26)27)22-9-7-8-21(18-22)20-33-16-14-24(35)15-17-33/h2-13,18-19,24,35H,14-17,20H2,1H3,(H,32,36). The van der Waals surface area contributed by atoms with Gasteiger partial charge in [-0.25, -0.2) is 9.78 Å². The van der Waals surface area contributed by atoms with Crippen molar-refractivity contribution in [2.24, 2.45) is 0 Å². The Bertz CT molecular complexity index is 1430. The Morgan fingerprint density at radius 1 is 1.00 bits per heavy atom. The second-order valence-electron chi connectivity index (χ2n) is 9.36. The number of amides is 2. The number of methoxy groups -OCH3 is 1. The zero-order chi connectivity index (χ0) is 26.5. The molecule has 0 unspecified atom stereocenters. The molecule has 2 heterocycles. The van der Waals surface area contributed by atoms with E-state index in [0.29, 0.717) is 27.8 Å². The molecule has 1 saturated heterocycles. The first-order valence-corrected chi connectivity index (χ1v) is 12.7. The highest BCUT2D eigenvalue weighted by atomic mass is 16.5. The molecule has 1 aliphatic rings. The Morgan fingerprint density at radius 3 is 2.50 bits per heavy atom. The average Bonchev–Trinajstić information content (AvgIpc) is 2.96. The van der Waals surface area contributed by atoms with Crippen molar-refractivity contribution in [3.63, 3.8) is 0 Å². The summed E-state index contributed by atoms with van der Waals surface area (Å²) in [7, 11) is 1.27. The molecule has 0 bridgehead atoms. The summed E-state index contributed by atoms with van der Waals surface area (Å²) in [6.45, 7) is 2.51. The number of benzene rings is 3. The SMILES string of the molecule is COC(=O)N(NC(=O)c1cc(-c2cccc(CN3CCC(O)CC3)c2)nc2ccccc12)c1ccccc1. The number of hydrogen-bond donors (Lipinski definition) is 2. The molecule has 4 aromatic rings. The molecule has 0 aliphatic carbocycles. The van der Waals surface area contributed by atoms with Gasteiger partial charge in [0, 0.05) is 30.6 Å². The van der Waals surface area contributed by atoms with Crippen molar-refractivity contribution in [2.75, 3.05) is 25.2 Å². The third-order valence-corrected chi connectivity index (χ3v) is 6.73. The Labute approximate surface area is 221 Å². The van der Waals surface area contributed by atoms with Gasteiger partial charge in [-0.1, -0.05) is 54.6 Å². The highest BCUT2D eigenvalue weighted by Crippen LogP contribution is 2.27. The molecule has 1 aliphatic heterocycles. The Kier molecular flexibility index (Phi) is 7.62. The maximum atomic E-state index is 13.6. The van der Waals surface area contributed by atoms with Crippen LogP contribution in [0.4, 0.5) is 10.5 Å². The molecule has 0 saturated carbocycles. The molecule has 0 atom stereocenters. The van der Waals surface area contributed by atoms with E-state index < -0.39 is 12.0 Å². The molecule has 0 radical (unpaired) electrons. The summed E-state index contributed by atoms with van der Waals surface area (Å²) in [5.74, 6) is -0.456. The van der Waals surface area contributed by atoms with Gasteiger partial charge < -0.3 is 9.84 Å². The summed E-state index contributed by atoms with van der Waals surface area (Å²) in [6, 6.07) is 26.1.